The highest BCUT2D eigenvalue weighted by molar-refractivity contribution is 5.94. The summed E-state index contributed by atoms with van der Waals surface area (Å²) >= 11 is 0. The molecule has 4 heteroatoms. The van der Waals surface area contributed by atoms with E-state index in [-0.39, 0.29) is 17.7 Å². The van der Waals surface area contributed by atoms with E-state index in [9.17, 15) is 9.18 Å². The first-order valence-corrected chi connectivity index (χ1v) is 4.10. The molecule has 0 aromatic heterocycles. The first-order valence-electron chi connectivity index (χ1n) is 4.10. The predicted molar refractivity (Wildman–Crippen MR) is 52.3 cm³/mol. The zero-order valence-electron chi connectivity index (χ0n) is 7.75. The molecule has 74 valence electrons. The van der Waals surface area contributed by atoms with E-state index in [0.717, 1.165) is 6.07 Å². The number of halogens is 1. The number of hydrogen-bond acceptors (Lipinski definition) is 2. The molecule has 0 saturated heterocycles. The van der Waals surface area contributed by atoms with Crippen molar-refractivity contribution in [2.75, 3.05) is 6.54 Å². The molecule has 0 aliphatic heterocycles. The third-order valence-corrected chi connectivity index (χ3v) is 1.70. The van der Waals surface area contributed by atoms with E-state index in [1.807, 2.05) is 0 Å². The Hall–Kier alpha value is -2.33. The van der Waals surface area contributed by atoms with Gasteiger partial charge in [0.1, 0.15) is 11.9 Å². The van der Waals surface area contributed by atoms with Crippen LogP contribution in [0.4, 0.5) is 4.39 Å². The lowest BCUT2D eigenvalue weighted by Crippen LogP contribution is -2.23. The van der Waals surface area contributed by atoms with Gasteiger partial charge in [0.15, 0.2) is 0 Å². The van der Waals surface area contributed by atoms with Gasteiger partial charge in [0.25, 0.3) is 5.91 Å². The zero-order valence-corrected chi connectivity index (χ0v) is 7.75. The van der Waals surface area contributed by atoms with Crippen LogP contribution in [0.15, 0.2) is 18.2 Å². The summed E-state index contributed by atoms with van der Waals surface area (Å²) in [5.41, 5.74) is 0.0477. The average Bonchev–Trinajstić information content (AvgIpc) is 2.26. The van der Waals surface area contributed by atoms with Gasteiger partial charge in [-0.3, -0.25) is 4.79 Å². The summed E-state index contributed by atoms with van der Waals surface area (Å²) in [6.07, 6.45) is 4.96. The number of nitrogens with zero attached hydrogens (tertiary/aromatic N) is 1. The van der Waals surface area contributed by atoms with E-state index in [2.05, 4.69) is 11.2 Å². The average molecular weight is 202 g/mol. The quantitative estimate of drug-likeness (QED) is 0.729. The van der Waals surface area contributed by atoms with Gasteiger partial charge in [0, 0.05) is 5.56 Å². The lowest BCUT2D eigenvalue weighted by atomic mass is 10.1. The smallest absolute Gasteiger partial charge is 0.252 e. The van der Waals surface area contributed by atoms with Crippen LogP contribution in [0.2, 0.25) is 0 Å². The van der Waals surface area contributed by atoms with Crippen LogP contribution in [0.3, 0.4) is 0 Å². The summed E-state index contributed by atoms with van der Waals surface area (Å²) in [4.78, 5) is 11.3. The van der Waals surface area contributed by atoms with E-state index in [1.54, 1.807) is 6.07 Å². The molecule has 0 bridgehead atoms. The van der Waals surface area contributed by atoms with Crippen molar-refractivity contribution in [2.24, 2.45) is 0 Å². The molecule has 0 unspecified atom stereocenters. The Morgan fingerprint density at radius 3 is 2.93 bits per heavy atom. The first kappa shape index (κ1) is 10.7. The van der Waals surface area contributed by atoms with Gasteiger partial charge in [-0.15, -0.1) is 6.42 Å². The van der Waals surface area contributed by atoms with Gasteiger partial charge in [-0.2, -0.15) is 5.26 Å². The number of rotatable bonds is 2. The van der Waals surface area contributed by atoms with Crippen LogP contribution >= 0.6 is 0 Å². The highest BCUT2D eigenvalue weighted by atomic mass is 19.1. The molecule has 1 aromatic carbocycles. The molecule has 0 aliphatic carbocycles. The molecule has 0 spiro atoms. The third-order valence-electron chi connectivity index (χ3n) is 1.70. The number of amides is 1. The predicted octanol–water partition coefficient (Wildman–Crippen LogP) is 1.06. The second-order valence-corrected chi connectivity index (χ2v) is 2.69. The molecule has 1 aromatic rings. The zero-order chi connectivity index (χ0) is 11.3. The third kappa shape index (κ3) is 2.55. The Bertz CT molecular complexity index is 468. The normalized spacial score (nSPS) is 8.73. The van der Waals surface area contributed by atoms with Gasteiger partial charge in [0.05, 0.1) is 12.1 Å². The van der Waals surface area contributed by atoms with E-state index < -0.39 is 11.7 Å². The summed E-state index contributed by atoms with van der Waals surface area (Å²) in [5.74, 6) is 1.16. The van der Waals surface area contributed by atoms with Crippen molar-refractivity contribution in [3.05, 3.63) is 35.1 Å². The Balaban J connectivity index is 2.93. The maximum atomic E-state index is 12.9. The molecular formula is C11H7FN2O. The summed E-state index contributed by atoms with van der Waals surface area (Å²) < 4.78 is 12.9. The highest BCUT2D eigenvalue weighted by Gasteiger charge is 2.08. The molecule has 0 heterocycles. The van der Waals surface area contributed by atoms with Crippen molar-refractivity contribution < 1.29 is 9.18 Å². The van der Waals surface area contributed by atoms with Gasteiger partial charge in [-0.25, -0.2) is 4.39 Å². The standard InChI is InChI=1S/C11H7FN2O/c1-2-5-14-11(15)8-3-4-10(12)9(6-8)7-13/h1,3-4,6H,5H2,(H,14,15). The second-order valence-electron chi connectivity index (χ2n) is 2.69. The largest absolute Gasteiger partial charge is 0.341 e. The second kappa shape index (κ2) is 4.78. The van der Waals surface area contributed by atoms with Crippen LogP contribution in [0.25, 0.3) is 0 Å². The van der Waals surface area contributed by atoms with E-state index >= 15 is 0 Å². The van der Waals surface area contributed by atoms with Crippen LogP contribution in [-0.2, 0) is 0 Å². The Labute approximate surface area is 86.5 Å². The molecule has 0 fully saturated rings. The topological polar surface area (TPSA) is 52.9 Å². The maximum absolute atomic E-state index is 12.9. The Kier molecular flexibility index (Phi) is 3.43. The number of nitriles is 1. The van der Waals surface area contributed by atoms with Gasteiger partial charge in [0.2, 0.25) is 0 Å². The Morgan fingerprint density at radius 1 is 1.60 bits per heavy atom. The van der Waals surface area contributed by atoms with Gasteiger partial charge >= 0.3 is 0 Å². The first-order chi connectivity index (χ1) is 7.19. The maximum Gasteiger partial charge on any atom is 0.252 e. The lowest BCUT2D eigenvalue weighted by Gasteiger charge is -2.01. The number of terminal acetylenes is 1. The monoisotopic (exact) mass is 202 g/mol. The van der Waals surface area contributed by atoms with Gasteiger partial charge in [-0.1, -0.05) is 5.92 Å². The molecule has 3 nitrogen and oxygen atoms in total. The number of benzene rings is 1. The molecule has 1 amide bonds. The number of carbonyl (C=O) groups excluding carboxylic acids is 1. The molecule has 0 saturated carbocycles. The fraction of sp³-hybridized carbons (Fsp3) is 0.0909. The highest BCUT2D eigenvalue weighted by Crippen LogP contribution is 2.09. The Morgan fingerprint density at radius 2 is 2.33 bits per heavy atom. The summed E-state index contributed by atoms with van der Waals surface area (Å²) in [5, 5.41) is 11.0. The molecule has 0 aliphatic rings. The van der Waals surface area contributed by atoms with Crippen LogP contribution in [0, 0.1) is 29.5 Å². The minimum Gasteiger partial charge on any atom is -0.341 e. The number of hydrogen-bond donors (Lipinski definition) is 1. The van der Waals surface area contributed by atoms with E-state index in [1.165, 1.54) is 12.1 Å². The minimum absolute atomic E-state index is 0.0953. The van der Waals surface area contributed by atoms with E-state index in [4.69, 9.17) is 11.7 Å². The SMILES string of the molecule is C#CCNC(=O)c1ccc(F)c(C#N)c1. The van der Waals surface area contributed by atoms with Crippen molar-refractivity contribution in [1.29, 1.82) is 5.26 Å². The molecular weight excluding hydrogens is 195 g/mol. The van der Waals surface area contributed by atoms with Crippen LogP contribution in [0.5, 0.6) is 0 Å². The van der Waals surface area contributed by atoms with Gasteiger partial charge < -0.3 is 5.32 Å². The minimum atomic E-state index is -0.647. The van der Waals surface area contributed by atoms with Crippen molar-refractivity contribution in [3.8, 4) is 18.4 Å². The number of carbonyl (C=O) groups is 1. The van der Waals surface area contributed by atoms with Crippen molar-refractivity contribution >= 4 is 5.91 Å². The fourth-order valence-corrected chi connectivity index (χ4v) is 0.986. The fourth-order valence-electron chi connectivity index (χ4n) is 0.986. The van der Waals surface area contributed by atoms with Crippen LogP contribution in [0.1, 0.15) is 15.9 Å². The lowest BCUT2D eigenvalue weighted by molar-refractivity contribution is 0.0958. The van der Waals surface area contributed by atoms with Crippen molar-refractivity contribution in [2.45, 2.75) is 0 Å². The van der Waals surface area contributed by atoms with Crippen LogP contribution < -0.4 is 5.32 Å². The van der Waals surface area contributed by atoms with Crippen LogP contribution in [-0.4, -0.2) is 12.5 Å². The molecule has 1 N–H and O–H groups in total. The molecule has 0 radical (unpaired) electrons. The van der Waals surface area contributed by atoms with Crippen molar-refractivity contribution in [1.82, 2.24) is 5.32 Å². The number of nitrogens with one attached hydrogen (secondary N) is 1. The summed E-state index contributed by atoms with van der Waals surface area (Å²) in [6.45, 7) is 0.0953. The summed E-state index contributed by atoms with van der Waals surface area (Å²) in [6, 6.07) is 5.20. The van der Waals surface area contributed by atoms with E-state index in [0.29, 0.717) is 0 Å². The molecule has 1 rings (SSSR count). The summed E-state index contributed by atoms with van der Waals surface area (Å²) in [7, 11) is 0. The van der Waals surface area contributed by atoms with Crippen molar-refractivity contribution in [3.63, 3.8) is 0 Å². The molecule has 15 heavy (non-hydrogen) atoms. The van der Waals surface area contributed by atoms with Gasteiger partial charge in [-0.05, 0) is 18.2 Å². The molecule has 0 atom stereocenters.